The molecule has 0 saturated heterocycles. The van der Waals surface area contributed by atoms with Crippen LogP contribution in [0.3, 0.4) is 0 Å². The van der Waals surface area contributed by atoms with Crippen molar-refractivity contribution >= 4 is 17.2 Å². The Morgan fingerprint density at radius 1 is 1.44 bits per heavy atom. The molecule has 0 aromatic heterocycles. The van der Waals surface area contributed by atoms with Crippen LogP contribution in [0, 0.1) is 0 Å². The molecule has 3 heteroatoms. The second-order valence-electron chi connectivity index (χ2n) is 4.64. The SMILES string of the molecule is CC(=O)c1ccc2c(c1)NCCN2C1CC1. The normalized spacial score (nSPS) is 18.9. The molecule has 1 aromatic carbocycles. The minimum absolute atomic E-state index is 0.133. The summed E-state index contributed by atoms with van der Waals surface area (Å²) in [6, 6.07) is 6.73. The van der Waals surface area contributed by atoms with Gasteiger partial charge in [-0.15, -0.1) is 0 Å². The molecule has 84 valence electrons. The van der Waals surface area contributed by atoms with Crippen molar-refractivity contribution in [3.63, 3.8) is 0 Å². The van der Waals surface area contributed by atoms with Gasteiger partial charge in [0, 0.05) is 24.7 Å². The minimum Gasteiger partial charge on any atom is -0.382 e. The average molecular weight is 216 g/mol. The molecule has 0 bridgehead atoms. The number of carbonyl (C=O) groups is 1. The summed E-state index contributed by atoms with van der Waals surface area (Å²) in [5.41, 5.74) is 3.17. The lowest BCUT2D eigenvalue weighted by atomic mass is 10.1. The van der Waals surface area contributed by atoms with Gasteiger partial charge in [0.25, 0.3) is 0 Å². The second-order valence-corrected chi connectivity index (χ2v) is 4.64. The molecule has 0 unspecified atom stereocenters. The smallest absolute Gasteiger partial charge is 0.159 e. The van der Waals surface area contributed by atoms with Crippen LogP contribution >= 0.6 is 0 Å². The highest BCUT2D eigenvalue weighted by Crippen LogP contribution is 2.38. The lowest BCUT2D eigenvalue weighted by molar-refractivity contribution is 0.101. The standard InChI is InChI=1S/C13H16N2O/c1-9(16)10-2-5-13-12(8-10)14-6-7-15(13)11-3-4-11/h2,5,8,11,14H,3-4,6-7H2,1H3. The first-order chi connectivity index (χ1) is 7.75. The topological polar surface area (TPSA) is 32.3 Å². The molecule has 1 aliphatic carbocycles. The Kier molecular flexibility index (Phi) is 2.13. The van der Waals surface area contributed by atoms with E-state index in [1.807, 2.05) is 12.1 Å². The summed E-state index contributed by atoms with van der Waals surface area (Å²) in [7, 11) is 0. The van der Waals surface area contributed by atoms with Crippen LogP contribution in [0.2, 0.25) is 0 Å². The predicted molar refractivity (Wildman–Crippen MR) is 65.3 cm³/mol. The van der Waals surface area contributed by atoms with Gasteiger partial charge in [-0.3, -0.25) is 4.79 Å². The largest absolute Gasteiger partial charge is 0.382 e. The molecule has 1 N–H and O–H groups in total. The highest BCUT2D eigenvalue weighted by Gasteiger charge is 2.31. The third-order valence-corrected chi connectivity index (χ3v) is 3.37. The van der Waals surface area contributed by atoms with Crippen LogP contribution in [0.5, 0.6) is 0 Å². The Labute approximate surface area is 95.4 Å². The van der Waals surface area contributed by atoms with Crippen molar-refractivity contribution in [2.45, 2.75) is 25.8 Å². The maximum atomic E-state index is 11.3. The van der Waals surface area contributed by atoms with Gasteiger partial charge in [-0.25, -0.2) is 0 Å². The van der Waals surface area contributed by atoms with E-state index >= 15 is 0 Å². The first-order valence-electron chi connectivity index (χ1n) is 5.91. The Hall–Kier alpha value is -1.51. The van der Waals surface area contributed by atoms with E-state index in [-0.39, 0.29) is 5.78 Å². The van der Waals surface area contributed by atoms with Crippen molar-refractivity contribution in [3.05, 3.63) is 23.8 Å². The molecule has 2 aliphatic rings. The number of nitrogens with zero attached hydrogens (tertiary/aromatic N) is 1. The lowest BCUT2D eigenvalue weighted by Crippen LogP contribution is -2.35. The van der Waals surface area contributed by atoms with Gasteiger partial charge in [0.15, 0.2) is 5.78 Å². The van der Waals surface area contributed by atoms with Crippen LogP contribution in [0.15, 0.2) is 18.2 Å². The van der Waals surface area contributed by atoms with Gasteiger partial charge in [-0.05, 0) is 38.0 Å². The summed E-state index contributed by atoms with van der Waals surface area (Å²) >= 11 is 0. The van der Waals surface area contributed by atoms with Crippen LogP contribution in [0.4, 0.5) is 11.4 Å². The molecule has 0 radical (unpaired) electrons. The van der Waals surface area contributed by atoms with Gasteiger partial charge in [0.2, 0.25) is 0 Å². The number of benzene rings is 1. The lowest BCUT2D eigenvalue weighted by Gasteiger charge is -2.32. The van der Waals surface area contributed by atoms with Crippen molar-refractivity contribution in [2.75, 3.05) is 23.3 Å². The quantitative estimate of drug-likeness (QED) is 0.770. The van der Waals surface area contributed by atoms with Crippen molar-refractivity contribution in [2.24, 2.45) is 0 Å². The number of ketones is 1. The maximum absolute atomic E-state index is 11.3. The number of hydrogen-bond donors (Lipinski definition) is 1. The van der Waals surface area contributed by atoms with Crippen molar-refractivity contribution < 1.29 is 4.79 Å². The molecule has 1 saturated carbocycles. The molecule has 0 amide bonds. The number of hydrogen-bond acceptors (Lipinski definition) is 3. The molecular weight excluding hydrogens is 200 g/mol. The fourth-order valence-electron chi connectivity index (χ4n) is 2.34. The molecule has 3 rings (SSSR count). The molecular formula is C13H16N2O. The molecule has 0 atom stereocenters. The second kappa shape index (κ2) is 3.51. The Morgan fingerprint density at radius 2 is 2.25 bits per heavy atom. The number of rotatable bonds is 2. The fourth-order valence-corrected chi connectivity index (χ4v) is 2.34. The Morgan fingerprint density at radius 3 is 2.94 bits per heavy atom. The highest BCUT2D eigenvalue weighted by molar-refractivity contribution is 5.96. The van der Waals surface area contributed by atoms with Crippen molar-refractivity contribution in [3.8, 4) is 0 Å². The summed E-state index contributed by atoms with van der Waals surface area (Å²) in [6.45, 7) is 3.67. The first-order valence-corrected chi connectivity index (χ1v) is 5.91. The predicted octanol–water partition coefficient (Wildman–Crippen LogP) is 2.28. The molecule has 0 spiro atoms. The van der Waals surface area contributed by atoms with Gasteiger partial charge in [-0.2, -0.15) is 0 Å². The molecule has 1 aromatic rings. The summed E-state index contributed by atoms with van der Waals surface area (Å²) in [5, 5.41) is 3.38. The molecule has 1 heterocycles. The fraction of sp³-hybridized carbons (Fsp3) is 0.462. The molecule has 1 aliphatic heterocycles. The summed E-state index contributed by atoms with van der Waals surface area (Å²) < 4.78 is 0. The van der Waals surface area contributed by atoms with Crippen LogP contribution < -0.4 is 10.2 Å². The third kappa shape index (κ3) is 1.56. The number of fused-ring (bicyclic) bond motifs is 1. The maximum Gasteiger partial charge on any atom is 0.159 e. The van der Waals surface area contributed by atoms with Crippen LogP contribution in [-0.2, 0) is 0 Å². The number of nitrogens with one attached hydrogen (secondary N) is 1. The average Bonchev–Trinajstić information content (AvgIpc) is 3.11. The zero-order valence-electron chi connectivity index (χ0n) is 9.49. The third-order valence-electron chi connectivity index (χ3n) is 3.37. The zero-order chi connectivity index (χ0) is 11.1. The van der Waals surface area contributed by atoms with Gasteiger partial charge in [-0.1, -0.05) is 0 Å². The molecule has 3 nitrogen and oxygen atoms in total. The number of carbonyl (C=O) groups excluding carboxylic acids is 1. The Bertz CT molecular complexity index is 438. The van der Waals surface area contributed by atoms with E-state index in [4.69, 9.17) is 0 Å². The van der Waals surface area contributed by atoms with E-state index < -0.39 is 0 Å². The zero-order valence-corrected chi connectivity index (χ0v) is 9.49. The van der Waals surface area contributed by atoms with Gasteiger partial charge >= 0.3 is 0 Å². The van der Waals surface area contributed by atoms with Crippen molar-refractivity contribution in [1.29, 1.82) is 0 Å². The first kappa shape index (κ1) is 9.70. The number of anilines is 2. The van der Waals surface area contributed by atoms with E-state index in [1.165, 1.54) is 18.5 Å². The minimum atomic E-state index is 0.133. The monoisotopic (exact) mass is 216 g/mol. The van der Waals surface area contributed by atoms with E-state index in [0.29, 0.717) is 0 Å². The van der Waals surface area contributed by atoms with Gasteiger partial charge < -0.3 is 10.2 Å². The van der Waals surface area contributed by atoms with Crippen LogP contribution in [0.1, 0.15) is 30.1 Å². The van der Waals surface area contributed by atoms with E-state index in [2.05, 4.69) is 16.3 Å². The highest BCUT2D eigenvalue weighted by atomic mass is 16.1. The molecule has 16 heavy (non-hydrogen) atoms. The van der Waals surface area contributed by atoms with Crippen LogP contribution in [0.25, 0.3) is 0 Å². The number of Topliss-reactive ketones (excluding diaryl/α,β-unsaturated/α-hetero) is 1. The van der Waals surface area contributed by atoms with Crippen LogP contribution in [-0.4, -0.2) is 24.9 Å². The van der Waals surface area contributed by atoms with E-state index in [0.717, 1.165) is 30.4 Å². The van der Waals surface area contributed by atoms with E-state index in [9.17, 15) is 4.79 Å². The van der Waals surface area contributed by atoms with E-state index in [1.54, 1.807) is 6.92 Å². The Balaban J connectivity index is 1.99. The summed E-state index contributed by atoms with van der Waals surface area (Å²) in [5.74, 6) is 0.133. The van der Waals surface area contributed by atoms with Gasteiger partial charge in [0.1, 0.15) is 0 Å². The van der Waals surface area contributed by atoms with Crippen molar-refractivity contribution in [1.82, 2.24) is 0 Å². The van der Waals surface area contributed by atoms with Gasteiger partial charge in [0.05, 0.1) is 11.4 Å². The summed E-state index contributed by atoms with van der Waals surface area (Å²) in [6.07, 6.45) is 2.63. The summed E-state index contributed by atoms with van der Waals surface area (Å²) in [4.78, 5) is 13.8. The molecule has 1 fully saturated rings.